The molecule has 0 aliphatic carbocycles. The summed E-state index contributed by atoms with van der Waals surface area (Å²) < 4.78 is -0.0278. The van der Waals surface area contributed by atoms with E-state index in [1.165, 1.54) is 0 Å². The molecule has 0 spiro atoms. The van der Waals surface area contributed by atoms with Gasteiger partial charge < -0.3 is 0 Å². The van der Waals surface area contributed by atoms with Crippen LogP contribution in [-0.2, 0) is 26.1 Å². The van der Waals surface area contributed by atoms with Gasteiger partial charge in [0, 0.05) is 0 Å². The Morgan fingerprint density at radius 3 is 1.50 bits per heavy atom. The summed E-state index contributed by atoms with van der Waals surface area (Å²) in [5.41, 5.74) is 0. The molecule has 0 bridgehead atoms. The molecule has 0 nitrogen and oxygen atoms in total. The van der Waals surface area contributed by atoms with Crippen LogP contribution in [0.2, 0.25) is 0 Å². The van der Waals surface area contributed by atoms with E-state index in [-0.39, 0.29) is 2.35 Å². The van der Waals surface area contributed by atoms with E-state index in [4.69, 9.17) is 23.2 Å². The molecule has 0 aliphatic rings. The fraction of sp³-hybridized carbons (Fsp3) is 1.00. The van der Waals surface area contributed by atoms with Gasteiger partial charge in [-0.15, -0.1) is 0 Å². The van der Waals surface area contributed by atoms with Crippen molar-refractivity contribution in [2.75, 3.05) is 0 Å². The number of halogens is 2. The summed E-state index contributed by atoms with van der Waals surface area (Å²) in [5, 5.41) is 0. The third-order valence-corrected chi connectivity index (χ3v) is 0. The van der Waals surface area contributed by atoms with Crippen LogP contribution < -0.4 is 0 Å². The molecule has 4 heavy (non-hydrogen) atoms. The van der Waals surface area contributed by atoms with E-state index in [0.29, 0.717) is 26.1 Å². The quantitative estimate of drug-likeness (QED) is 0.465. The van der Waals surface area contributed by atoms with E-state index in [0.717, 1.165) is 0 Å². The Morgan fingerprint density at radius 2 is 1.50 bits per heavy atom. The van der Waals surface area contributed by atoms with Crippen molar-refractivity contribution in [1.82, 2.24) is 0 Å². The van der Waals surface area contributed by atoms with Crippen LogP contribution >= 0.6 is 23.2 Å². The number of rotatable bonds is 0. The van der Waals surface area contributed by atoms with E-state index in [1.807, 2.05) is 0 Å². The van der Waals surface area contributed by atoms with Crippen LogP contribution in [-0.4, -0.2) is 2.35 Å². The zero-order valence-electron chi connectivity index (χ0n) is 2.04. The normalized spacial score (nSPS) is 9.25. The van der Waals surface area contributed by atoms with Crippen molar-refractivity contribution in [2.45, 2.75) is 2.35 Å². The summed E-state index contributed by atoms with van der Waals surface area (Å²) in [6.07, 6.45) is 0. The van der Waals surface area contributed by atoms with E-state index in [1.54, 1.807) is 0 Å². The first-order chi connectivity index (χ1) is 1.73. The zero-order valence-corrected chi connectivity index (χ0v) is 9.05. The molecule has 0 aromatic carbocycles. The van der Waals surface area contributed by atoms with Gasteiger partial charge in [-0.3, -0.25) is 0 Å². The fourth-order valence-corrected chi connectivity index (χ4v) is 0. The molecule has 0 rings (SSSR count). The molecular formula is CHCl2Hg. The molecule has 0 aliphatic heterocycles. The molecule has 21 valence electrons. The van der Waals surface area contributed by atoms with Crippen molar-refractivity contribution >= 4 is 23.2 Å². The average Bonchev–Trinajstić information content (AvgIpc) is 0.811. The van der Waals surface area contributed by atoms with E-state index in [9.17, 15) is 0 Å². The van der Waals surface area contributed by atoms with E-state index in [2.05, 4.69) is 0 Å². The van der Waals surface area contributed by atoms with Crippen molar-refractivity contribution in [3.05, 3.63) is 0 Å². The summed E-state index contributed by atoms with van der Waals surface area (Å²) >= 11 is 10.8. The Balaban J connectivity index is 2.32. The first-order valence-electron chi connectivity index (χ1n) is 0.845. The average molecular weight is 285 g/mol. The van der Waals surface area contributed by atoms with Crippen LogP contribution in [0.25, 0.3) is 0 Å². The number of hydrogen-bond acceptors (Lipinski definition) is 0. The fourth-order valence-electron chi connectivity index (χ4n) is 0. The molecule has 0 aromatic rings. The summed E-state index contributed by atoms with van der Waals surface area (Å²) in [6.45, 7) is 0. The predicted molar refractivity (Wildman–Crippen MR) is 15.5 cm³/mol. The molecule has 0 amide bonds. The van der Waals surface area contributed by atoms with Crippen LogP contribution in [0.3, 0.4) is 0 Å². The third kappa shape index (κ3) is 9.69. The van der Waals surface area contributed by atoms with Crippen molar-refractivity contribution < 1.29 is 26.1 Å². The molecule has 0 atom stereocenters. The van der Waals surface area contributed by atoms with Crippen LogP contribution in [0.1, 0.15) is 0 Å². The third-order valence-electron chi connectivity index (χ3n) is 0. The molecular weight excluding hydrogens is 284 g/mol. The van der Waals surface area contributed by atoms with Crippen molar-refractivity contribution in [1.29, 1.82) is 0 Å². The molecule has 0 unspecified atom stereocenters. The van der Waals surface area contributed by atoms with Crippen molar-refractivity contribution in [3.8, 4) is 0 Å². The summed E-state index contributed by atoms with van der Waals surface area (Å²) in [7, 11) is 0. The molecule has 0 saturated carbocycles. The van der Waals surface area contributed by atoms with Gasteiger partial charge in [-0.05, 0) is 0 Å². The van der Waals surface area contributed by atoms with E-state index >= 15 is 0 Å². The van der Waals surface area contributed by atoms with Crippen LogP contribution in [0.4, 0.5) is 0 Å². The van der Waals surface area contributed by atoms with Gasteiger partial charge in [-0.2, -0.15) is 0 Å². The minimum atomic E-state index is -0.0278. The van der Waals surface area contributed by atoms with Gasteiger partial charge in [-0.25, -0.2) is 0 Å². The predicted octanol–water partition coefficient (Wildman–Crippen LogP) is 1.29. The Morgan fingerprint density at radius 1 is 1.50 bits per heavy atom. The van der Waals surface area contributed by atoms with Crippen LogP contribution in [0.15, 0.2) is 0 Å². The Bertz CT molecular complexity index is 10.8. The summed E-state index contributed by atoms with van der Waals surface area (Å²) in [6, 6.07) is 0. The maximum atomic E-state index is 5.13. The van der Waals surface area contributed by atoms with Gasteiger partial charge in [0.2, 0.25) is 0 Å². The molecule has 0 radical (unpaired) electrons. The second-order valence-electron chi connectivity index (χ2n) is 0.391. The van der Waals surface area contributed by atoms with Gasteiger partial charge in [0.05, 0.1) is 0 Å². The molecule has 0 saturated heterocycles. The van der Waals surface area contributed by atoms with Gasteiger partial charge in [0.1, 0.15) is 0 Å². The first-order valence-corrected chi connectivity index (χ1v) is 4.89. The van der Waals surface area contributed by atoms with Crippen LogP contribution in [0, 0.1) is 0 Å². The summed E-state index contributed by atoms with van der Waals surface area (Å²) in [5.74, 6) is 0. The monoisotopic (exact) mass is 285 g/mol. The first kappa shape index (κ1) is 5.52. The SMILES string of the molecule is Cl[CH](Cl)[Hg]. The maximum absolute atomic E-state index is 5.13. The topological polar surface area (TPSA) is 0 Å². The second-order valence-corrected chi connectivity index (χ2v) is 8.87. The van der Waals surface area contributed by atoms with Gasteiger partial charge >= 0.3 is 51.7 Å². The summed E-state index contributed by atoms with van der Waals surface area (Å²) in [4.78, 5) is 0. The van der Waals surface area contributed by atoms with Gasteiger partial charge in [-0.1, -0.05) is 0 Å². The standard InChI is InChI=1S/CHCl2.Hg/c2-1-3;/h1H;. The van der Waals surface area contributed by atoms with Crippen LogP contribution in [0.5, 0.6) is 0 Å². The minimum absolute atomic E-state index is 0.0278. The van der Waals surface area contributed by atoms with Crippen molar-refractivity contribution in [3.63, 3.8) is 0 Å². The molecule has 0 aromatic heterocycles. The Labute approximate surface area is 51.4 Å². The van der Waals surface area contributed by atoms with Gasteiger partial charge in [0.25, 0.3) is 0 Å². The Kier molecular flexibility index (Phi) is 3.77. The molecule has 0 N–H and O–H groups in total. The molecule has 0 heterocycles. The number of hydrogen-bond donors (Lipinski definition) is 0. The zero-order chi connectivity index (χ0) is 3.58. The number of alkyl halides is 2. The molecule has 3 heteroatoms. The van der Waals surface area contributed by atoms with Crippen molar-refractivity contribution in [2.24, 2.45) is 0 Å². The Hall–Kier alpha value is 1.52. The van der Waals surface area contributed by atoms with Gasteiger partial charge in [0.15, 0.2) is 0 Å². The molecule has 0 fully saturated rings. The second kappa shape index (κ2) is 2.74. The van der Waals surface area contributed by atoms with E-state index < -0.39 is 0 Å².